The first-order chi connectivity index (χ1) is 16.9. The molecule has 1 heterocycles. The lowest BCUT2D eigenvalue weighted by Gasteiger charge is -2.42. The summed E-state index contributed by atoms with van der Waals surface area (Å²) in [6.07, 6.45) is -13.1. The number of ether oxygens (including phenoxy) is 5. The van der Waals surface area contributed by atoms with E-state index in [1.807, 2.05) is 0 Å². The zero-order chi connectivity index (χ0) is 27.7. The van der Waals surface area contributed by atoms with Crippen molar-refractivity contribution in [2.24, 2.45) is 0 Å². The van der Waals surface area contributed by atoms with E-state index >= 15 is 0 Å². The summed E-state index contributed by atoms with van der Waals surface area (Å²) in [6, 6.07) is 0. The van der Waals surface area contributed by atoms with E-state index in [0.717, 1.165) is 14.2 Å². The van der Waals surface area contributed by atoms with Gasteiger partial charge in [-0.15, -0.1) is 0 Å². The second-order valence-corrected chi connectivity index (χ2v) is 8.44. The minimum atomic E-state index is -2.64. The van der Waals surface area contributed by atoms with Gasteiger partial charge in [-0.05, 0) is 12.8 Å². The first-order valence-electron chi connectivity index (χ1n) is 11.2. The minimum absolute atomic E-state index is 0.323. The molecule has 0 spiro atoms. The molecule has 0 amide bonds. The van der Waals surface area contributed by atoms with Crippen molar-refractivity contribution in [1.82, 2.24) is 0 Å². The van der Waals surface area contributed by atoms with Crippen LogP contribution in [0.1, 0.15) is 12.8 Å². The van der Waals surface area contributed by atoms with Crippen molar-refractivity contribution >= 4 is 0 Å². The fourth-order valence-electron chi connectivity index (χ4n) is 3.64. The molecule has 0 aromatic heterocycles. The lowest BCUT2D eigenvalue weighted by atomic mass is 10.0. The van der Waals surface area contributed by atoms with E-state index < -0.39 is 99.7 Å². The van der Waals surface area contributed by atoms with E-state index in [1.54, 1.807) is 0 Å². The van der Waals surface area contributed by atoms with Gasteiger partial charge in [0.2, 0.25) is 17.4 Å². The van der Waals surface area contributed by atoms with Crippen LogP contribution in [0.5, 0.6) is 0 Å². The molecule has 0 aromatic rings. The van der Waals surface area contributed by atoms with Gasteiger partial charge in [0.05, 0.1) is 18.8 Å². The van der Waals surface area contributed by atoms with E-state index in [-0.39, 0.29) is 12.8 Å². The standard InChI is InChI=1S/C20H40O16/c1-32-18(31,15(28)11(25)3-5-21)9-34-20(17(30)14(27)13(7-23)36-20)10-35-19(8-24,33-2)16(29)12(26)4-6-22/h11-17,21-31H,3-10H2,1-2H3/t11?,12?,13-,14?,15?,16?,17?,18+,19+,20-/m1/s1. The topological polar surface area (TPSA) is 269 Å². The fourth-order valence-corrected chi connectivity index (χ4v) is 3.64. The van der Waals surface area contributed by atoms with Crippen LogP contribution in [-0.2, 0) is 23.7 Å². The zero-order valence-electron chi connectivity index (χ0n) is 20.2. The number of aliphatic hydroxyl groups excluding tert-OH is 10. The Kier molecular flexibility index (Phi) is 13.4. The molecule has 1 rings (SSSR count). The van der Waals surface area contributed by atoms with Crippen LogP contribution in [0.2, 0.25) is 0 Å². The molecule has 1 saturated heterocycles. The molecule has 0 bridgehead atoms. The summed E-state index contributed by atoms with van der Waals surface area (Å²) in [7, 11) is 1.97. The molecule has 16 nitrogen and oxygen atoms in total. The van der Waals surface area contributed by atoms with Crippen LogP contribution < -0.4 is 0 Å². The van der Waals surface area contributed by atoms with Crippen molar-refractivity contribution in [3.63, 3.8) is 0 Å². The van der Waals surface area contributed by atoms with Crippen LogP contribution in [0.3, 0.4) is 0 Å². The highest BCUT2D eigenvalue weighted by Gasteiger charge is 2.58. The van der Waals surface area contributed by atoms with E-state index in [9.17, 15) is 46.0 Å². The Hall–Kier alpha value is -0.640. The molecule has 1 aliphatic rings. The molecule has 0 radical (unpaired) electrons. The van der Waals surface area contributed by atoms with Gasteiger partial charge in [-0.2, -0.15) is 0 Å². The maximum atomic E-state index is 10.7. The maximum absolute atomic E-state index is 10.7. The normalized spacial score (nSPS) is 31.4. The van der Waals surface area contributed by atoms with Gasteiger partial charge in [0, 0.05) is 27.4 Å². The Morgan fingerprint density at radius 2 is 1.44 bits per heavy atom. The monoisotopic (exact) mass is 536 g/mol. The summed E-state index contributed by atoms with van der Waals surface area (Å²) in [5.41, 5.74) is 0. The Labute approximate surface area is 207 Å². The van der Waals surface area contributed by atoms with Gasteiger partial charge in [0.1, 0.15) is 50.3 Å². The van der Waals surface area contributed by atoms with Gasteiger partial charge >= 0.3 is 0 Å². The summed E-state index contributed by atoms with van der Waals surface area (Å²) in [5, 5.41) is 110. The second-order valence-electron chi connectivity index (χ2n) is 8.44. The largest absolute Gasteiger partial charge is 0.396 e. The first kappa shape index (κ1) is 33.4. The number of hydrogen-bond acceptors (Lipinski definition) is 16. The van der Waals surface area contributed by atoms with E-state index in [0.29, 0.717) is 0 Å². The molecule has 1 fully saturated rings. The second kappa shape index (κ2) is 14.5. The van der Waals surface area contributed by atoms with Crippen LogP contribution in [0.25, 0.3) is 0 Å². The summed E-state index contributed by atoms with van der Waals surface area (Å²) in [6.45, 7) is -4.92. The molecule has 36 heavy (non-hydrogen) atoms. The predicted molar refractivity (Wildman–Crippen MR) is 115 cm³/mol. The number of rotatable bonds is 18. The first-order valence-corrected chi connectivity index (χ1v) is 11.2. The highest BCUT2D eigenvalue weighted by Crippen LogP contribution is 2.36. The molecule has 11 N–H and O–H groups in total. The van der Waals surface area contributed by atoms with Crippen LogP contribution in [0, 0.1) is 0 Å². The van der Waals surface area contributed by atoms with E-state index in [2.05, 4.69) is 0 Å². The average molecular weight is 537 g/mol. The predicted octanol–water partition coefficient (Wildman–Crippen LogP) is -6.29. The van der Waals surface area contributed by atoms with Crippen LogP contribution in [-0.4, -0.2) is 170 Å². The Balaban J connectivity index is 3.26. The van der Waals surface area contributed by atoms with Crippen molar-refractivity contribution in [2.75, 3.05) is 53.9 Å². The van der Waals surface area contributed by atoms with Gasteiger partial charge in [0.25, 0.3) is 0 Å². The molecule has 10 atom stereocenters. The molecule has 0 aromatic carbocycles. The van der Waals surface area contributed by atoms with Crippen molar-refractivity contribution in [3.05, 3.63) is 0 Å². The zero-order valence-corrected chi connectivity index (χ0v) is 20.2. The van der Waals surface area contributed by atoms with Crippen molar-refractivity contribution in [3.8, 4) is 0 Å². The van der Waals surface area contributed by atoms with Crippen LogP contribution in [0.15, 0.2) is 0 Å². The molecular formula is C20H40O16. The molecule has 0 saturated carbocycles. The highest BCUT2D eigenvalue weighted by molar-refractivity contribution is 4.98. The van der Waals surface area contributed by atoms with Crippen molar-refractivity contribution in [2.45, 2.75) is 72.9 Å². The quantitative estimate of drug-likeness (QED) is 0.0727. The van der Waals surface area contributed by atoms with Crippen molar-refractivity contribution < 1.29 is 79.9 Å². The Morgan fingerprint density at radius 3 is 1.86 bits per heavy atom. The van der Waals surface area contributed by atoms with Crippen LogP contribution >= 0.6 is 0 Å². The number of hydrogen-bond donors (Lipinski definition) is 11. The molecule has 1 aliphatic heterocycles. The summed E-state index contributed by atoms with van der Waals surface area (Å²) in [5.74, 6) is -7.44. The number of methoxy groups -OCH3 is 2. The third-order valence-electron chi connectivity index (χ3n) is 6.14. The maximum Gasteiger partial charge on any atom is 0.222 e. The molecule has 0 aliphatic carbocycles. The van der Waals surface area contributed by atoms with Crippen LogP contribution in [0.4, 0.5) is 0 Å². The lowest BCUT2D eigenvalue weighted by Crippen LogP contribution is -2.61. The van der Waals surface area contributed by atoms with Gasteiger partial charge in [0.15, 0.2) is 0 Å². The fraction of sp³-hybridized carbons (Fsp3) is 1.00. The molecule has 6 unspecified atom stereocenters. The number of aliphatic hydroxyl groups is 11. The lowest BCUT2D eigenvalue weighted by molar-refractivity contribution is -0.371. The average Bonchev–Trinajstić information content (AvgIpc) is 3.12. The summed E-state index contributed by atoms with van der Waals surface area (Å²) in [4.78, 5) is 0. The molecule has 216 valence electrons. The van der Waals surface area contributed by atoms with Gasteiger partial charge in [-0.1, -0.05) is 0 Å². The minimum Gasteiger partial charge on any atom is -0.396 e. The van der Waals surface area contributed by atoms with E-state index in [1.165, 1.54) is 0 Å². The third-order valence-corrected chi connectivity index (χ3v) is 6.14. The molecular weight excluding hydrogens is 496 g/mol. The summed E-state index contributed by atoms with van der Waals surface area (Å²) < 4.78 is 26.3. The van der Waals surface area contributed by atoms with Gasteiger partial charge in [-0.3, -0.25) is 0 Å². The van der Waals surface area contributed by atoms with Gasteiger partial charge < -0.3 is 79.9 Å². The van der Waals surface area contributed by atoms with E-state index in [4.69, 9.17) is 33.9 Å². The molecule has 16 heteroatoms. The third kappa shape index (κ3) is 7.26. The highest BCUT2D eigenvalue weighted by atomic mass is 16.8. The smallest absolute Gasteiger partial charge is 0.222 e. The van der Waals surface area contributed by atoms with Gasteiger partial charge in [-0.25, -0.2) is 0 Å². The Morgan fingerprint density at radius 1 is 0.889 bits per heavy atom. The van der Waals surface area contributed by atoms with Crippen molar-refractivity contribution in [1.29, 1.82) is 0 Å². The Bertz CT molecular complexity index is 623. The summed E-state index contributed by atoms with van der Waals surface area (Å²) >= 11 is 0. The SMILES string of the molecule is CO[C@@](CO)(OC[C@@]1(OC[C@](O)(OC)C(O)C(O)CCO)O[C@H](CO)C(O)C1O)C(O)C(O)CCO.